The van der Waals surface area contributed by atoms with Crippen LogP contribution in [-0.4, -0.2) is 19.5 Å². The first-order valence-electron chi connectivity index (χ1n) is 14.8. The summed E-state index contributed by atoms with van der Waals surface area (Å²) in [5.74, 6) is 1.62. The first-order valence-corrected chi connectivity index (χ1v) is 14.8. The predicted molar refractivity (Wildman–Crippen MR) is 158 cm³/mol. The van der Waals surface area contributed by atoms with Gasteiger partial charge in [0.05, 0.1) is 13.7 Å². The van der Waals surface area contributed by atoms with Crippen LogP contribution in [0.3, 0.4) is 0 Å². The molecular formula is C34H50O3. The zero-order chi connectivity index (χ0) is 26.4. The van der Waals surface area contributed by atoms with E-state index in [1.807, 2.05) is 54.6 Å². The molecule has 0 atom stereocenters. The Labute approximate surface area is 226 Å². The number of ketones is 1. The van der Waals surface area contributed by atoms with Crippen LogP contribution >= 0.6 is 0 Å². The van der Waals surface area contributed by atoms with Gasteiger partial charge >= 0.3 is 0 Å². The van der Waals surface area contributed by atoms with Gasteiger partial charge in [0.2, 0.25) is 0 Å². The molecule has 0 aliphatic rings. The molecule has 2 aromatic carbocycles. The highest BCUT2D eigenvalue weighted by Gasteiger charge is 2.03. The van der Waals surface area contributed by atoms with E-state index in [1.54, 1.807) is 13.2 Å². The minimum absolute atomic E-state index is 0.0137. The van der Waals surface area contributed by atoms with E-state index in [0.717, 1.165) is 30.1 Å². The summed E-state index contributed by atoms with van der Waals surface area (Å²) in [5.41, 5.74) is 1.63. The molecule has 0 spiro atoms. The summed E-state index contributed by atoms with van der Waals surface area (Å²) >= 11 is 0. The van der Waals surface area contributed by atoms with Crippen molar-refractivity contribution in [1.82, 2.24) is 0 Å². The van der Waals surface area contributed by atoms with E-state index in [2.05, 4.69) is 6.92 Å². The third kappa shape index (κ3) is 14.7. The van der Waals surface area contributed by atoms with Gasteiger partial charge in [0.1, 0.15) is 11.5 Å². The molecule has 0 aliphatic heterocycles. The van der Waals surface area contributed by atoms with Crippen LogP contribution in [0.25, 0.3) is 6.08 Å². The number of rotatable bonds is 22. The van der Waals surface area contributed by atoms with Crippen molar-refractivity contribution in [2.45, 2.75) is 110 Å². The third-order valence-electron chi connectivity index (χ3n) is 6.95. The van der Waals surface area contributed by atoms with Crippen molar-refractivity contribution in [1.29, 1.82) is 0 Å². The Morgan fingerprint density at radius 2 is 1.08 bits per heavy atom. The molecule has 0 bridgehead atoms. The Balaban J connectivity index is 1.44. The molecule has 0 N–H and O–H groups in total. The van der Waals surface area contributed by atoms with Gasteiger partial charge in [-0.2, -0.15) is 0 Å². The Kier molecular flexibility index (Phi) is 17.0. The van der Waals surface area contributed by atoms with Crippen molar-refractivity contribution in [3.05, 3.63) is 65.7 Å². The number of methoxy groups -OCH3 is 1. The van der Waals surface area contributed by atoms with E-state index < -0.39 is 0 Å². The van der Waals surface area contributed by atoms with Gasteiger partial charge in [0, 0.05) is 5.56 Å². The molecule has 3 nitrogen and oxygen atoms in total. The number of ether oxygens (including phenoxy) is 2. The van der Waals surface area contributed by atoms with Crippen LogP contribution in [0.2, 0.25) is 0 Å². The summed E-state index contributed by atoms with van der Waals surface area (Å²) < 4.78 is 11.0. The van der Waals surface area contributed by atoms with Gasteiger partial charge in [0.15, 0.2) is 5.78 Å². The fourth-order valence-corrected chi connectivity index (χ4v) is 4.54. The number of benzene rings is 2. The normalized spacial score (nSPS) is 11.2. The second-order valence-corrected chi connectivity index (χ2v) is 10.1. The molecule has 2 aromatic rings. The minimum atomic E-state index is -0.0137. The van der Waals surface area contributed by atoms with Crippen LogP contribution in [-0.2, 0) is 0 Å². The molecule has 0 aromatic heterocycles. The number of unbranched alkanes of at least 4 members (excludes halogenated alkanes) is 15. The lowest BCUT2D eigenvalue weighted by atomic mass is 10.0. The Morgan fingerprint density at radius 3 is 1.57 bits per heavy atom. The summed E-state index contributed by atoms with van der Waals surface area (Å²) in [6, 6.07) is 15.1. The van der Waals surface area contributed by atoms with Gasteiger partial charge in [-0.15, -0.1) is 0 Å². The number of hydrogen-bond acceptors (Lipinski definition) is 3. The standard InChI is InChI=1S/C34H50O3/c1-3-4-5-6-7-8-9-10-11-12-13-14-15-16-17-18-29-37-33-26-22-31(23-27-33)34(35)28-21-30-19-24-32(36-2)25-20-30/h19-28H,3-18,29H2,1-2H3. The molecule has 204 valence electrons. The summed E-state index contributed by atoms with van der Waals surface area (Å²) in [7, 11) is 1.64. The number of carbonyl (C=O) groups is 1. The van der Waals surface area contributed by atoms with Gasteiger partial charge < -0.3 is 9.47 Å². The lowest BCUT2D eigenvalue weighted by Crippen LogP contribution is -1.99. The Hall–Kier alpha value is -2.55. The van der Waals surface area contributed by atoms with Crippen LogP contribution in [0.5, 0.6) is 11.5 Å². The predicted octanol–water partition coefficient (Wildman–Crippen LogP) is 10.2. The van der Waals surface area contributed by atoms with E-state index in [-0.39, 0.29) is 5.78 Å². The molecule has 0 unspecified atom stereocenters. The van der Waals surface area contributed by atoms with Crippen molar-refractivity contribution in [3.8, 4) is 11.5 Å². The van der Waals surface area contributed by atoms with E-state index in [9.17, 15) is 4.79 Å². The Morgan fingerprint density at radius 1 is 0.622 bits per heavy atom. The van der Waals surface area contributed by atoms with Crippen LogP contribution < -0.4 is 9.47 Å². The first-order chi connectivity index (χ1) is 18.2. The average Bonchev–Trinajstić information content (AvgIpc) is 2.94. The maximum Gasteiger partial charge on any atom is 0.185 e. The second-order valence-electron chi connectivity index (χ2n) is 10.1. The molecular weight excluding hydrogens is 456 g/mol. The van der Waals surface area contributed by atoms with Gasteiger partial charge in [-0.25, -0.2) is 0 Å². The Bertz CT molecular complexity index is 852. The van der Waals surface area contributed by atoms with Gasteiger partial charge in [-0.3, -0.25) is 4.79 Å². The molecule has 0 saturated heterocycles. The molecule has 37 heavy (non-hydrogen) atoms. The van der Waals surface area contributed by atoms with E-state index in [4.69, 9.17) is 9.47 Å². The number of allylic oxidation sites excluding steroid dienone is 1. The summed E-state index contributed by atoms with van der Waals surface area (Å²) in [5, 5.41) is 0. The maximum absolute atomic E-state index is 12.4. The fourth-order valence-electron chi connectivity index (χ4n) is 4.54. The lowest BCUT2D eigenvalue weighted by molar-refractivity contribution is 0.104. The molecule has 0 aliphatic carbocycles. The number of carbonyl (C=O) groups excluding carboxylic acids is 1. The lowest BCUT2D eigenvalue weighted by Gasteiger charge is -2.07. The average molecular weight is 507 g/mol. The third-order valence-corrected chi connectivity index (χ3v) is 6.95. The summed E-state index contributed by atoms with van der Waals surface area (Å²) in [6.45, 7) is 3.02. The van der Waals surface area contributed by atoms with Crippen LogP contribution in [0.1, 0.15) is 126 Å². The number of hydrogen-bond donors (Lipinski definition) is 0. The molecule has 0 radical (unpaired) electrons. The second kappa shape index (κ2) is 20.5. The molecule has 0 fully saturated rings. The van der Waals surface area contributed by atoms with Crippen LogP contribution in [0.15, 0.2) is 54.6 Å². The first kappa shape index (κ1) is 30.7. The highest BCUT2D eigenvalue weighted by molar-refractivity contribution is 6.06. The quantitative estimate of drug-likeness (QED) is 0.0905. The molecule has 0 heterocycles. The summed E-state index contributed by atoms with van der Waals surface area (Å²) in [6.07, 6.45) is 25.4. The van der Waals surface area contributed by atoms with E-state index in [0.29, 0.717) is 5.56 Å². The van der Waals surface area contributed by atoms with Gasteiger partial charge in [0.25, 0.3) is 0 Å². The molecule has 0 amide bonds. The van der Waals surface area contributed by atoms with Crippen molar-refractivity contribution >= 4 is 11.9 Å². The monoisotopic (exact) mass is 506 g/mol. The van der Waals surface area contributed by atoms with Crippen LogP contribution in [0.4, 0.5) is 0 Å². The van der Waals surface area contributed by atoms with E-state index in [1.165, 1.54) is 96.3 Å². The summed E-state index contributed by atoms with van der Waals surface area (Å²) in [4.78, 5) is 12.4. The smallest absolute Gasteiger partial charge is 0.185 e. The largest absolute Gasteiger partial charge is 0.497 e. The van der Waals surface area contributed by atoms with Gasteiger partial charge in [-0.05, 0) is 54.5 Å². The SMILES string of the molecule is CCCCCCCCCCCCCCCCCCOc1ccc(C(=O)C=Cc2ccc(OC)cc2)cc1. The molecule has 0 saturated carbocycles. The fraction of sp³-hybridized carbons (Fsp3) is 0.559. The van der Waals surface area contributed by atoms with Crippen molar-refractivity contribution in [3.63, 3.8) is 0 Å². The minimum Gasteiger partial charge on any atom is -0.497 e. The van der Waals surface area contributed by atoms with Crippen molar-refractivity contribution in [2.24, 2.45) is 0 Å². The van der Waals surface area contributed by atoms with Crippen molar-refractivity contribution < 1.29 is 14.3 Å². The zero-order valence-corrected chi connectivity index (χ0v) is 23.5. The topological polar surface area (TPSA) is 35.5 Å². The molecule has 2 rings (SSSR count). The van der Waals surface area contributed by atoms with E-state index >= 15 is 0 Å². The highest BCUT2D eigenvalue weighted by Crippen LogP contribution is 2.17. The van der Waals surface area contributed by atoms with Crippen LogP contribution in [0, 0.1) is 0 Å². The maximum atomic E-state index is 12.4. The van der Waals surface area contributed by atoms with Crippen molar-refractivity contribution in [2.75, 3.05) is 13.7 Å². The van der Waals surface area contributed by atoms with Gasteiger partial charge in [-0.1, -0.05) is 121 Å². The molecule has 3 heteroatoms. The highest BCUT2D eigenvalue weighted by atomic mass is 16.5. The zero-order valence-electron chi connectivity index (χ0n) is 23.5.